The molecule has 1 saturated carbocycles. The van der Waals surface area contributed by atoms with Crippen molar-refractivity contribution in [2.45, 2.75) is 38.8 Å². The summed E-state index contributed by atoms with van der Waals surface area (Å²) in [5.74, 6) is 0.154. The molecule has 1 saturated heterocycles. The maximum absolute atomic E-state index is 13.9. The molecule has 4 nitrogen and oxygen atoms in total. The second kappa shape index (κ2) is 5.20. The first-order chi connectivity index (χ1) is 10.0. The number of methoxy groups -OCH3 is 1. The van der Waals surface area contributed by atoms with E-state index in [0.29, 0.717) is 24.2 Å². The molecule has 5 heteroatoms. The van der Waals surface area contributed by atoms with Gasteiger partial charge >= 0.3 is 6.03 Å². The van der Waals surface area contributed by atoms with E-state index in [0.717, 1.165) is 12.8 Å². The average Bonchev–Trinajstić information content (AvgIpc) is 3.22. The van der Waals surface area contributed by atoms with Crippen LogP contribution in [0.15, 0.2) is 18.2 Å². The third-order valence-corrected chi connectivity index (χ3v) is 4.34. The fourth-order valence-corrected chi connectivity index (χ4v) is 2.99. The number of carbonyl (C=O) groups is 1. The summed E-state index contributed by atoms with van der Waals surface area (Å²) in [4.78, 5) is 16.3. The summed E-state index contributed by atoms with van der Waals surface area (Å²) in [6, 6.07) is 5.27. The van der Waals surface area contributed by atoms with Crippen molar-refractivity contribution in [1.29, 1.82) is 0 Å². The number of benzene rings is 1. The molecule has 114 valence electrons. The van der Waals surface area contributed by atoms with Crippen molar-refractivity contribution < 1.29 is 13.9 Å². The Morgan fingerprint density at radius 2 is 2.05 bits per heavy atom. The summed E-state index contributed by atoms with van der Waals surface area (Å²) in [6.07, 6.45) is 2.17. The summed E-state index contributed by atoms with van der Waals surface area (Å²) in [5.41, 5.74) is 0.604. The van der Waals surface area contributed by atoms with E-state index in [1.165, 1.54) is 13.2 Å². The zero-order valence-corrected chi connectivity index (χ0v) is 12.7. The van der Waals surface area contributed by atoms with Crippen LogP contribution in [0.1, 0.15) is 26.7 Å². The molecule has 21 heavy (non-hydrogen) atoms. The Bertz CT molecular complexity index is 557. The molecule has 0 N–H and O–H groups in total. The fraction of sp³-hybridized carbons (Fsp3) is 0.562. The maximum Gasteiger partial charge on any atom is 0.325 e. The second-order valence-electron chi connectivity index (χ2n) is 6.16. The predicted octanol–water partition coefficient (Wildman–Crippen LogP) is 3.26. The molecule has 0 aromatic heterocycles. The van der Waals surface area contributed by atoms with Gasteiger partial charge in [0.05, 0.1) is 13.2 Å². The quantitative estimate of drug-likeness (QED) is 0.853. The van der Waals surface area contributed by atoms with E-state index < -0.39 is 5.82 Å². The van der Waals surface area contributed by atoms with Gasteiger partial charge in [-0.05, 0) is 30.9 Å². The lowest BCUT2D eigenvalue weighted by molar-refractivity contribution is 0.187. The molecule has 3 rings (SSSR count). The summed E-state index contributed by atoms with van der Waals surface area (Å²) < 4.78 is 18.8. The highest BCUT2D eigenvalue weighted by Gasteiger charge is 2.46. The summed E-state index contributed by atoms with van der Waals surface area (Å²) in [6.45, 7) is 4.88. The number of hydrogen-bond acceptors (Lipinski definition) is 2. The Morgan fingerprint density at radius 3 is 2.57 bits per heavy atom. The minimum absolute atomic E-state index is 0.000710. The van der Waals surface area contributed by atoms with Crippen molar-refractivity contribution in [3.05, 3.63) is 24.0 Å². The molecule has 1 aromatic rings. The molecule has 0 spiro atoms. The Balaban J connectivity index is 1.88. The minimum atomic E-state index is -0.436. The molecule has 1 atom stereocenters. The number of hydrogen-bond donors (Lipinski definition) is 0. The van der Waals surface area contributed by atoms with Gasteiger partial charge in [0.1, 0.15) is 0 Å². The smallest absolute Gasteiger partial charge is 0.325 e. The van der Waals surface area contributed by atoms with E-state index in [9.17, 15) is 9.18 Å². The molecule has 2 aliphatic rings. The zero-order chi connectivity index (χ0) is 15.1. The Labute approximate surface area is 124 Å². The number of halogens is 1. The molecule has 2 amide bonds. The molecule has 0 radical (unpaired) electrons. The van der Waals surface area contributed by atoms with Gasteiger partial charge < -0.3 is 9.64 Å². The highest BCUT2D eigenvalue weighted by molar-refractivity contribution is 5.95. The van der Waals surface area contributed by atoms with Crippen molar-refractivity contribution in [1.82, 2.24) is 4.90 Å². The van der Waals surface area contributed by atoms with Crippen LogP contribution in [0.4, 0.5) is 14.9 Å². The Kier molecular flexibility index (Phi) is 3.51. The van der Waals surface area contributed by atoms with Crippen molar-refractivity contribution in [3.8, 4) is 5.75 Å². The van der Waals surface area contributed by atoms with E-state index in [1.54, 1.807) is 17.0 Å². The van der Waals surface area contributed by atoms with Crippen molar-refractivity contribution >= 4 is 11.7 Å². The van der Waals surface area contributed by atoms with Crippen LogP contribution in [-0.2, 0) is 0 Å². The monoisotopic (exact) mass is 292 g/mol. The van der Waals surface area contributed by atoms with Crippen LogP contribution in [0.3, 0.4) is 0 Å². The van der Waals surface area contributed by atoms with E-state index in [4.69, 9.17) is 4.74 Å². The molecule has 1 unspecified atom stereocenters. The maximum atomic E-state index is 13.9. The standard InChI is InChI=1S/C16H21FN2O2/c1-10(2)14-9-18(16(20)19(14)11-4-5-11)12-6-7-15(21-3)13(17)8-12/h6-8,10-11,14H,4-5,9H2,1-3H3. The SMILES string of the molecule is COc1ccc(N2CC(C(C)C)N(C3CC3)C2=O)cc1F. The predicted molar refractivity (Wildman–Crippen MR) is 79.2 cm³/mol. The van der Waals surface area contributed by atoms with Gasteiger partial charge in [0.15, 0.2) is 11.6 Å². The van der Waals surface area contributed by atoms with Crippen LogP contribution in [0.2, 0.25) is 0 Å². The van der Waals surface area contributed by atoms with E-state index >= 15 is 0 Å². The van der Waals surface area contributed by atoms with Crippen LogP contribution >= 0.6 is 0 Å². The molecule has 1 aliphatic carbocycles. The molecule has 1 aliphatic heterocycles. The van der Waals surface area contributed by atoms with E-state index in [1.807, 2.05) is 4.90 Å². The third kappa shape index (κ3) is 2.45. The first-order valence-corrected chi connectivity index (χ1v) is 7.46. The van der Waals surface area contributed by atoms with Crippen LogP contribution in [0, 0.1) is 11.7 Å². The van der Waals surface area contributed by atoms with Gasteiger partial charge in [-0.25, -0.2) is 9.18 Å². The fourth-order valence-electron chi connectivity index (χ4n) is 2.99. The van der Waals surface area contributed by atoms with Crippen molar-refractivity contribution in [2.24, 2.45) is 5.92 Å². The van der Waals surface area contributed by atoms with Crippen molar-refractivity contribution in [2.75, 3.05) is 18.6 Å². The van der Waals surface area contributed by atoms with E-state index in [-0.39, 0.29) is 17.8 Å². The normalized spacial score (nSPS) is 22.3. The number of carbonyl (C=O) groups excluding carboxylic acids is 1. The largest absolute Gasteiger partial charge is 0.494 e. The molecule has 0 bridgehead atoms. The number of rotatable bonds is 4. The van der Waals surface area contributed by atoms with Gasteiger partial charge in [-0.3, -0.25) is 4.90 Å². The number of ether oxygens (including phenoxy) is 1. The van der Waals surface area contributed by atoms with Crippen LogP contribution in [-0.4, -0.2) is 36.7 Å². The van der Waals surface area contributed by atoms with Gasteiger partial charge in [0.2, 0.25) is 0 Å². The number of amides is 2. The number of anilines is 1. The van der Waals surface area contributed by atoms with Crippen LogP contribution in [0.25, 0.3) is 0 Å². The van der Waals surface area contributed by atoms with Crippen LogP contribution in [0.5, 0.6) is 5.75 Å². The molecule has 2 fully saturated rings. The van der Waals surface area contributed by atoms with E-state index in [2.05, 4.69) is 13.8 Å². The highest BCUT2D eigenvalue weighted by atomic mass is 19.1. The minimum Gasteiger partial charge on any atom is -0.494 e. The first kappa shape index (κ1) is 14.2. The first-order valence-electron chi connectivity index (χ1n) is 7.46. The summed E-state index contributed by atoms with van der Waals surface area (Å²) in [5, 5.41) is 0. The van der Waals surface area contributed by atoms with Gasteiger partial charge in [0.25, 0.3) is 0 Å². The van der Waals surface area contributed by atoms with Gasteiger partial charge in [-0.2, -0.15) is 0 Å². The lowest BCUT2D eigenvalue weighted by atomic mass is 10.0. The Morgan fingerprint density at radius 1 is 1.33 bits per heavy atom. The molecule has 1 aromatic carbocycles. The van der Waals surface area contributed by atoms with Gasteiger partial charge in [-0.15, -0.1) is 0 Å². The number of urea groups is 1. The average molecular weight is 292 g/mol. The van der Waals surface area contributed by atoms with Crippen molar-refractivity contribution in [3.63, 3.8) is 0 Å². The molecular formula is C16H21FN2O2. The van der Waals surface area contributed by atoms with Gasteiger partial charge in [-0.1, -0.05) is 13.8 Å². The zero-order valence-electron chi connectivity index (χ0n) is 12.7. The van der Waals surface area contributed by atoms with Gasteiger partial charge in [0, 0.05) is 24.3 Å². The summed E-state index contributed by atoms with van der Waals surface area (Å²) >= 11 is 0. The topological polar surface area (TPSA) is 32.8 Å². The highest BCUT2D eigenvalue weighted by Crippen LogP contribution is 2.37. The second-order valence-corrected chi connectivity index (χ2v) is 6.16. The lowest BCUT2D eigenvalue weighted by Crippen LogP contribution is -2.39. The lowest BCUT2D eigenvalue weighted by Gasteiger charge is -2.25. The van der Waals surface area contributed by atoms with Crippen LogP contribution < -0.4 is 9.64 Å². The third-order valence-electron chi connectivity index (χ3n) is 4.34. The molecular weight excluding hydrogens is 271 g/mol. The Hall–Kier alpha value is -1.78. The molecule has 1 heterocycles. The summed E-state index contributed by atoms with van der Waals surface area (Å²) in [7, 11) is 1.43. The number of nitrogens with zero attached hydrogens (tertiary/aromatic N) is 2.